The standard InChI is InChI=1S/C21H18N2O5S/c1-13-7-8-15(10-18(13)23(26)27)19(24)11-28-21(25)12-29-20-9-14(2)16-5-3-4-6-17(16)22-20/h3-10H,11-12H2,1-2H3. The van der Waals surface area contributed by atoms with Crippen LogP contribution in [0.4, 0.5) is 5.69 Å². The van der Waals surface area contributed by atoms with Crippen molar-refractivity contribution < 1.29 is 19.2 Å². The number of pyridine rings is 1. The Labute approximate surface area is 171 Å². The predicted octanol–water partition coefficient (Wildman–Crippen LogP) is 4.28. The van der Waals surface area contributed by atoms with E-state index in [0.29, 0.717) is 10.6 Å². The zero-order valence-corrected chi connectivity index (χ0v) is 16.7. The summed E-state index contributed by atoms with van der Waals surface area (Å²) in [6, 6.07) is 13.8. The lowest BCUT2D eigenvalue weighted by Gasteiger charge is -2.07. The number of hydrogen-bond donors (Lipinski definition) is 0. The summed E-state index contributed by atoms with van der Waals surface area (Å²) in [6.07, 6.45) is 0. The van der Waals surface area contributed by atoms with Crippen LogP contribution in [0, 0.1) is 24.0 Å². The van der Waals surface area contributed by atoms with Gasteiger partial charge in [0, 0.05) is 22.6 Å². The lowest BCUT2D eigenvalue weighted by Crippen LogP contribution is -2.15. The molecule has 0 fully saturated rings. The highest BCUT2D eigenvalue weighted by atomic mass is 32.2. The summed E-state index contributed by atoms with van der Waals surface area (Å²) in [5, 5.41) is 12.7. The Morgan fingerprint density at radius 3 is 2.62 bits per heavy atom. The van der Waals surface area contributed by atoms with Gasteiger partial charge in [0.25, 0.3) is 5.69 Å². The van der Waals surface area contributed by atoms with Crippen molar-refractivity contribution in [1.82, 2.24) is 4.98 Å². The van der Waals surface area contributed by atoms with Gasteiger partial charge >= 0.3 is 5.97 Å². The van der Waals surface area contributed by atoms with Crippen molar-refractivity contribution in [1.29, 1.82) is 0 Å². The van der Waals surface area contributed by atoms with Crippen molar-refractivity contribution >= 4 is 40.1 Å². The van der Waals surface area contributed by atoms with E-state index < -0.39 is 23.3 Å². The largest absolute Gasteiger partial charge is 0.457 e. The van der Waals surface area contributed by atoms with Gasteiger partial charge < -0.3 is 4.74 Å². The predicted molar refractivity (Wildman–Crippen MR) is 110 cm³/mol. The molecule has 8 heteroatoms. The van der Waals surface area contributed by atoms with Crippen molar-refractivity contribution in [2.75, 3.05) is 12.4 Å². The van der Waals surface area contributed by atoms with Crippen LogP contribution in [0.25, 0.3) is 10.9 Å². The number of ketones is 1. The molecule has 0 unspecified atom stereocenters. The van der Waals surface area contributed by atoms with Gasteiger partial charge in [-0.15, -0.1) is 0 Å². The normalized spacial score (nSPS) is 10.7. The maximum absolute atomic E-state index is 12.2. The summed E-state index contributed by atoms with van der Waals surface area (Å²) >= 11 is 1.23. The number of fused-ring (bicyclic) bond motifs is 1. The second-order valence-electron chi connectivity index (χ2n) is 6.43. The van der Waals surface area contributed by atoms with E-state index in [-0.39, 0.29) is 17.0 Å². The van der Waals surface area contributed by atoms with Crippen LogP contribution < -0.4 is 0 Å². The third kappa shape index (κ3) is 4.97. The van der Waals surface area contributed by atoms with Crippen LogP contribution in [-0.2, 0) is 9.53 Å². The highest BCUT2D eigenvalue weighted by Gasteiger charge is 2.16. The Morgan fingerprint density at radius 2 is 1.86 bits per heavy atom. The molecule has 1 aromatic heterocycles. The number of hydrogen-bond acceptors (Lipinski definition) is 7. The summed E-state index contributed by atoms with van der Waals surface area (Å²) in [5.41, 5.74) is 2.35. The fourth-order valence-electron chi connectivity index (χ4n) is 2.78. The summed E-state index contributed by atoms with van der Waals surface area (Å²) in [5.74, 6) is -1.05. The van der Waals surface area contributed by atoms with Crippen LogP contribution in [0.5, 0.6) is 0 Å². The number of aryl methyl sites for hydroxylation is 2. The number of thioether (sulfide) groups is 1. The first-order chi connectivity index (χ1) is 13.8. The molecule has 0 aliphatic rings. The molecular formula is C21H18N2O5S. The molecule has 3 rings (SSSR count). The highest BCUT2D eigenvalue weighted by Crippen LogP contribution is 2.24. The van der Waals surface area contributed by atoms with Crippen molar-refractivity contribution in [3.05, 3.63) is 75.3 Å². The molecule has 0 radical (unpaired) electrons. The molecule has 0 aliphatic heterocycles. The minimum Gasteiger partial charge on any atom is -0.457 e. The molecule has 148 valence electrons. The smallest absolute Gasteiger partial charge is 0.316 e. The molecule has 1 heterocycles. The van der Waals surface area contributed by atoms with Gasteiger partial charge in [0.05, 0.1) is 21.2 Å². The molecule has 29 heavy (non-hydrogen) atoms. The number of carbonyl (C=O) groups is 2. The first kappa shape index (κ1) is 20.5. The number of nitro benzene ring substituents is 1. The monoisotopic (exact) mass is 410 g/mol. The Balaban J connectivity index is 1.57. The summed E-state index contributed by atoms with van der Waals surface area (Å²) < 4.78 is 5.02. The SMILES string of the molecule is Cc1ccc(C(=O)COC(=O)CSc2cc(C)c3ccccc3n2)cc1[N+](=O)[O-]. The molecule has 0 bridgehead atoms. The van der Waals surface area contributed by atoms with Crippen molar-refractivity contribution in [3.63, 3.8) is 0 Å². The van der Waals surface area contributed by atoms with E-state index in [4.69, 9.17) is 4.74 Å². The second kappa shape index (κ2) is 8.83. The first-order valence-electron chi connectivity index (χ1n) is 8.78. The lowest BCUT2D eigenvalue weighted by molar-refractivity contribution is -0.385. The molecule has 0 atom stereocenters. The van der Waals surface area contributed by atoms with E-state index in [1.165, 1.54) is 30.0 Å². The van der Waals surface area contributed by atoms with E-state index >= 15 is 0 Å². The number of nitro groups is 1. The topological polar surface area (TPSA) is 99.4 Å². The van der Waals surface area contributed by atoms with Crippen LogP contribution in [-0.4, -0.2) is 34.0 Å². The first-order valence-corrected chi connectivity index (χ1v) is 9.77. The van der Waals surface area contributed by atoms with Crippen molar-refractivity contribution in [3.8, 4) is 0 Å². The number of carbonyl (C=O) groups excluding carboxylic acids is 2. The van der Waals surface area contributed by atoms with Crippen molar-refractivity contribution in [2.45, 2.75) is 18.9 Å². The van der Waals surface area contributed by atoms with Gasteiger partial charge in [0.2, 0.25) is 5.78 Å². The van der Waals surface area contributed by atoms with Gasteiger partial charge in [-0.3, -0.25) is 19.7 Å². The Morgan fingerprint density at radius 1 is 1.10 bits per heavy atom. The minimum absolute atomic E-state index is 0.00606. The third-order valence-electron chi connectivity index (χ3n) is 4.33. The number of esters is 1. The van der Waals surface area contributed by atoms with E-state index in [0.717, 1.165) is 16.5 Å². The number of nitrogens with zero attached hydrogens (tertiary/aromatic N) is 2. The van der Waals surface area contributed by atoms with E-state index in [1.54, 1.807) is 6.92 Å². The molecule has 0 amide bonds. The lowest BCUT2D eigenvalue weighted by atomic mass is 10.1. The van der Waals surface area contributed by atoms with Crippen LogP contribution in [0.15, 0.2) is 53.6 Å². The average Bonchev–Trinajstić information content (AvgIpc) is 2.70. The zero-order valence-electron chi connectivity index (χ0n) is 15.9. The quantitative estimate of drug-likeness (QED) is 0.188. The average molecular weight is 410 g/mol. The molecule has 7 nitrogen and oxygen atoms in total. The maximum Gasteiger partial charge on any atom is 0.316 e. The molecule has 0 spiro atoms. The molecular weight excluding hydrogens is 392 g/mol. The fraction of sp³-hybridized carbons (Fsp3) is 0.190. The Kier molecular flexibility index (Phi) is 6.23. The van der Waals surface area contributed by atoms with E-state index in [1.807, 2.05) is 37.3 Å². The molecule has 0 saturated carbocycles. The number of ether oxygens (including phenoxy) is 1. The zero-order chi connectivity index (χ0) is 21.0. The van der Waals surface area contributed by atoms with Gasteiger partial charge in [-0.2, -0.15) is 0 Å². The molecule has 0 N–H and O–H groups in total. The number of para-hydroxylation sites is 1. The highest BCUT2D eigenvalue weighted by molar-refractivity contribution is 7.99. The summed E-state index contributed by atoms with van der Waals surface area (Å²) in [4.78, 5) is 39.1. The molecule has 0 aliphatic carbocycles. The van der Waals surface area contributed by atoms with Crippen LogP contribution in [0.1, 0.15) is 21.5 Å². The third-order valence-corrected chi connectivity index (χ3v) is 5.21. The van der Waals surface area contributed by atoms with E-state index in [2.05, 4.69) is 4.98 Å². The summed E-state index contributed by atoms with van der Waals surface area (Å²) in [6.45, 7) is 3.10. The van der Waals surface area contributed by atoms with Crippen molar-refractivity contribution in [2.24, 2.45) is 0 Å². The van der Waals surface area contributed by atoms with Crippen LogP contribution >= 0.6 is 11.8 Å². The maximum atomic E-state index is 12.2. The molecule has 0 saturated heterocycles. The molecule has 3 aromatic rings. The summed E-state index contributed by atoms with van der Waals surface area (Å²) in [7, 11) is 0. The fourth-order valence-corrected chi connectivity index (χ4v) is 3.55. The minimum atomic E-state index is -0.558. The van der Waals surface area contributed by atoms with Crippen LogP contribution in [0.2, 0.25) is 0 Å². The van der Waals surface area contributed by atoms with Gasteiger partial charge in [-0.1, -0.05) is 42.1 Å². The van der Waals surface area contributed by atoms with Gasteiger partial charge in [0.15, 0.2) is 6.61 Å². The molecule has 2 aromatic carbocycles. The van der Waals surface area contributed by atoms with Gasteiger partial charge in [0.1, 0.15) is 0 Å². The Hall–Kier alpha value is -3.26. The van der Waals surface area contributed by atoms with Gasteiger partial charge in [-0.05, 0) is 31.5 Å². The second-order valence-corrected chi connectivity index (χ2v) is 7.42. The Bertz CT molecular complexity index is 1110. The number of aromatic nitrogens is 1. The number of Topliss-reactive ketones (excluding diaryl/α,β-unsaturated/α-hetero) is 1. The number of rotatable bonds is 7. The van der Waals surface area contributed by atoms with E-state index in [9.17, 15) is 19.7 Å². The number of benzene rings is 2. The van der Waals surface area contributed by atoms with Gasteiger partial charge in [-0.25, -0.2) is 4.98 Å². The van der Waals surface area contributed by atoms with Crippen LogP contribution in [0.3, 0.4) is 0 Å².